The quantitative estimate of drug-likeness (QED) is 0.766. The third kappa shape index (κ3) is 4.43. The molecular weight excluding hydrogens is 222 g/mol. The number of hydrogen-bond acceptors (Lipinski definition) is 2. The summed E-state index contributed by atoms with van der Waals surface area (Å²) in [5, 5.41) is 0. The van der Waals surface area contributed by atoms with Crippen LogP contribution in [0.25, 0.3) is 0 Å². The van der Waals surface area contributed by atoms with E-state index < -0.39 is 0 Å². The second-order valence-corrected chi connectivity index (χ2v) is 5.12. The van der Waals surface area contributed by atoms with Gasteiger partial charge in [-0.15, -0.1) is 0 Å². The van der Waals surface area contributed by atoms with E-state index >= 15 is 0 Å². The largest absolute Gasteiger partial charge is 0.379 e. The van der Waals surface area contributed by atoms with Gasteiger partial charge in [-0.25, -0.2) is 0 Å². The van der Waals surface area contributed by atoms with E-state index in [1.54, 1.807) is 0 Å². The molecule has 0 aromatic heterocycles. The van der Waals surface area contributed by atoms with E-state index in [2.05, 4.69) is 36.1 Å². The van der Waals surface area contributed by atoms with Gasteiger partial charge in [-0.2, -0.15) is 0 Å². The maximum atomic E-state index is 5.36. The zero-order valence-electron chi connectivity index (χ0n) is 11.5. The Labute approximate surface area is 111 Å². The molecule has 0 saturated carbocycles. The molecule has 1 saturated heterocycles. The Hall–Kier alpha value is -0.860. The summed E-state index contributed by atoms with van der Waals surface area (Å²) in [5.41, 5.74) is 2.94. The second kappa shape index (κ2) is 7.55. The van der Waals surface area contributed by atoms with Crippen LogP contribution in [0.4, 0.5) is 0 Å². The van der Waals surface area contributed by atoms with E-state index in [0.29, 0.717) is 0 Å². The average molecular weight is 247 g/mol. The number of morpholine rings is 1. The second-order valence-electron chi connectivity index (χ2n) is 5.12. The zero-order chi connectivity index (χ0) is 12.6. The van der Waals surface area contributed by atoms with Crippen LogP contribution in [0, 0.1) is 0 Å². The highest BCUT2D eigenvalue weighted by atomic mass is 16.5. The molecule has 0 spiro atoms. The topological polar surface area (TPSA) is 12.5 Å². The van der Waals surface area contributed by atoms with Crippen molar-refractivity contribution in [2.45, 2.75) is 32.6 Å². The van der Waals surface area contributed by atoms with Crippen molar-refractivity contribution in [3.05, 3.63) is 35.4 Å². The van der Waals surface area contributed by atoms with Gasteiger partial charge in [0.25, 0.3) is 0 Å². The molecule has 0 unspecified atom stereocenters. The average Bonchev–Trinajstić information content (AvgIpc) is 2.42. The molecule has 0 bridgehead atoms. The van der Waals surface area contributed by atoms with Gasteiger partial charge in [0.2, 0.25) is 0 Å². The van der Waals surface area contributed by atoms with Crippen molar-refractivity contribution in [2.24, 2.45) is 0 Å². The van der Waals surface area contributed by atoms with Gasteiger partial charge in [-0.05, 0) is 36.9 Å². The van der Waals surface area contributed by atoms with Gasteiger partial charge >= 0.3 is 0 Å². The Morgan fingerprint density at radius 3 is 2.22 bits per heavy atom. The lowest BCUT2D eigenvalue weighted by atomic mass is 10.0. The number of nitrogens with zero attached hydrogens (tertiary/aromatic N) is 1. The van der Waals surface area contributed by atoms with Crippen molar-refractivity contribution in [1.29, 1.82) is 0 Å². The summed E-state index contributed by atoms with van der Waals surface area (Å²) in [7, 11) is 0. The summed E-state index contributed by atoms with van der Waals surface area (Å²) in [5.74, 6) is 0. The summed E-state index contributed by atoms with van der Waals surface area (Å²) < 4.78 is 5.36. The Kier molecular flexibility index (Phi) is 5.69. The standard InChI is InChI=1S/C16H25NO/c1-2-4-15-6-8-16(9-7-15)5-3-10-17-11-13-18-14-12-17/h6-9H,2-5,10-14H2,1H3. The van der Waals surface area contributed by atoms with E-state index in [9.17, 15) is 0 Å². The molecule has 0 atom stereocenters. The number of hydrogen-bond donors (Lipinski definition) is 0. The highest BCUT2D eigenvalue weighted by molar-refractivity contribution is 5.22. The molecule has 1 aromatic rings. The first-order chi connectivity index (χ1) is 8.88. The Balaban J connectivity index is 1.69. The SMILES string of the molecule is CCCc1ccc(CCCN2CCOCC2)cc1. The van der Waals surface area contributed by atoms with E-state index in [1.165, 1.54) is 43.4 Å². The van der Waals surface area contributed by atoms with Crippen molar-refractivity contribution >= 4 is 0 Å². The molecular formula is C16H25NO. The van der Waals surface area contributed by atoms with E-state index in [-0.39, 0.29) is 0 Å². The molecule has 0 N–H and O–H groups in total. The minimum Gasteiger partial charge on any atom is -0.379 e. The molecule has 2 rings (SSSR count). The van der Waals surface area contributed by atoms with Crippen LogP contribution >= 0.6 is 0 Å². The maximum absolute atomic E-state index is 5.36. The smallest absolute Gasteiger partial charge is 0.0594 e. The lowest BCUT2D eigenvalue weighted by Gasteiger charge is -2.26. The number of ether oxygens (including phenoxy) is 1. The highest BCUT2D eigenvalue weighted by Gasteiger charge is 2.09. The molecule has 1 aromatic carbocycles. The molecule has 18 heavy (non-hydrogen) atoms. The summed E-state index contributed by atoms with van der Waals surface area (Å²) >= 11 is 0. The van der Waals surface area contributed by atoms with Gasteiger partial charge in [-0.3, -0.25) is 4.90 Å². The molecule has 0 amide bonds. The van der Waals surface area contributed by atoms with E-state index in [4.69, 9.17) is 4.74 Å². The van der Waals surface area contributed by atoms with Gasteiger partial charge in [0.1, 0.15) is 0 Å². The number of benzene rings is 1. The minimum absolute atomic E-state index is 0.908. The minimum atomic E-state index is 0.908. The Morgan fingerprint density at radius 2 is 1.61 bits per heavy atom. The van der Waals surface area contributed by atoms with Crippen molar-refractivity contribution in [3.63, 3.8) is 0 Å². The van der Waals surface area contributed by atoms with Gasteiger partial charge < -0.3 is 4.74 Å². The van der Waals surface area contributed by atoms with Crippen LogP contribution in [-0.4, -0.2) is 37.7 Å². The monoisotopic (exact) mass is 247 g/mol. The zero-order valence-corrected chi connectivity index (χ0v) is 11.5. The van der Waals surface area contributed by atoms with Crippen LogP contribution in [0.15, 0.2) is 24.3 Å². The molecule has 100 valence electrons. The molecule has 1 heterocycles. The van der Waals surface area contributed by atoms with Gasteiger partial charge in [-0.1, -0.05) is 37.6 Å². The third-order valence-electron chi connectivity index (χ3n) is 3.61. The van der Waals surface area contributed by atoms with Crippen LogP contribution in [-0.2, 0) is 17.6 Å². The first kappa shape index (κ1) is 13.6. The molecule has 1 aliphatic heterocycles. The third-order valence-corrected chi connectivity index (χ3v) is 3.61. The maximum Gasteiger partial charge on any atom is 0.0594 e. The Morgan fingerprint density at radius 1 is 1.00 bits per heavy atom. The molecule has 2 nitrogen and oxygen atoms in total. The first-order valence-electron chi connectivity index (χ1n) is 7.26. The predicted molar refractivity (Wildman–Crippen MR) is 76.0 cm³/mol. The summed E-state index contributed by atoms with van der Waals surface area (Å²) in [4.78, 5) is 2.51. The fourth-order valence-electron chi connectivity index (χ4n) is 2.49. The predicted octanol–water partition coefficient (Wildman–Crippen LogP) is 2.90. The summed E-state index contributed by atoms with van der Waals surface area (Å²) in [6, 6.07) is 9.16. The van der Waals surface area contributed by atoms with Gasteiger partial charge in [0, 0.05) is 13.1 Å². The van der Waals surface area contributed by atoms with Crippen LogP contribution in [0.5, 0.6) is 0 Å². The van der Waals surface area contributed by atoms with Crippen LogP contribution in [0.1, 0.15) is 30.9 Å². The summed E-state index contributed by atoms with van der Waals surface area (Å²) in [6.45, 7) is 7.47. The lowest BCUT2D eigenvalue weighted by Crippen LogP contribution is -2.36. The van der Waals surface area contributed by atoms with Gasteiger partial charge in [0.05, 0.1) is 13.2 Å². The molecule has 1 aliphatic rings. The van der Waals surface area contributed by atoms with Crippen LogP contribution in [0.2, 0.25) is 0 Å². The fourth-order valence-corrected chi connectivity index (χ4v) is 2.49. The molecule has 0 aliphatic carbocycles. The van der Waals surface area contributed by atoms with E-state index in [1.807, 2.05) is 0 Å². The molecule has 2 heteroatoms. The summed E-state index contributed by atoms with van der Waals surface area (Å²) in [6.07, 6.45) is 4.89. The van der Waals surface area contributed by atoms with Crippen molar-refractivity contribution in [3.8, 4) is 0 Å². The molecule has 1 fully saturated rings. The number of rotatable bonds is 6. The first-order valence-corrected chi connectivity index (χ1v) is 7.26. The van der Waals surface area contributed by atoms with Gasteiger partial charge in [0.15, 0.2) is 0 Å². The van der Waals surface area contributed by atoms with Crippen molar-refractivity contribution < 1.29 is 4.74 Å². The lowest BCUT2D eigenvalue weighted by molar-refractivity contribution is 0.0375. The van der Waals surface area contributed by atoms with Crippen molar-refractivity contribution in [1.82, 2.24) is 4.90 Å². The van der Waals surface area contributed by atoms with Crippen LogP contribution < -0.4 is 0 Å². The fraction of sp³-hybridized carbons (Fsp3) is 0.625. The Bertz CT molecular complexity index is 327. The van der Waals surface area contributed by atoms with E-state index in [0.717, 1.165) is 26.3 Å². The van der Waals surface area contributed by atoms with Crippen LogP contribution in [0.3, 0.4) is 0 Å². The highest BCUT2D eigenvalue weighted by Crippen LogP contribution is 2.09. The normalized spacial score (nSPS) is 16.9. The van der Waals surface area contributed by atoms with Crippen molar-refractivity contribution in [2.75, 3.05) is 32.8 Å². The number of aryl methyl sites for hydroxylation is 2. The molecule has 0 radical (unpaired) electrons.